The quantitative estimate of drug-likeness (QED) is 0.799. The molecule has 0 aliphatic carbocycles. The zero-order chi connectivity index (χ0) is 10.8. The Labute approximate surface area is 88.0 Å². The SMILES string of the molecule is CC(=O)C(N)Cc1cccc2c1OCO2. The Morgan fingerprint density at radius 3 is 3.07 bits per heavy atom. The fourth-order valence-electron chi connectivity index (χ4n) is 1.53. The van der Waals surface area contributed by atoms with E-state index in [-0.39, 0.29) is 12.6 Å². The number of benzene rings is 1. The summed E-state index contributed by atoms with van der Waals surface area (Å²) in [5.74, 6) is 1.42. The number of fused-ring (bicyclic) bond motifs is 1. The third kappa shape index (κ3) is 1.94. The van der Waals surface area contributed by atoms with Gasteiger partial charge in [-0.25, -0.2) is 0 Å². The van der Waals surface area contributed by atoms with Crippen molar-refractivity contribution in [3.05, 3.63) is 23.8 Å². The maximum absolute atomic E-state index is 11.1. The molecule has 0 radical (unpaired) electrons. The Balaban J connectivity index is 2.22. The van der Waals surface area contributed by atoms with Crippen molar-refractivity contribution in [1.82, 2.24) is 0 Å². The Bertz CT molecular complexity index is 389. The first-order valence-electron chi connectivity index (χ1n) is 4.82. The normalized spacial score (nSPS) is 15.1. The summed E-state index contributed by atoms with van der Waals surface area (Å²) < 4.78 is 10.6. The lowest BCUT2D eigenvalue weighted by Gasteiger charge is -2.09. The van der Waals surface area contributed by atoms with Crippen LogP contribution in [0.2, 0.25) is 0 Å². The molecule has 4 heteroatoms. The summed E-state index contributed by atoms with van der Waals surface area (Å²) in [6.07, 6.45) is 0.488. The van der Waals surface area contributed by atoms with Crippen LogP contribution in [0.15, 0.2) is 18.2 Å². The molecule has 1 aliphatic rings. The minimum atomic E-state index is -0.472. The van der Waals surface area contributed by atoms with E-state index in [4.69, 9.17) is 15.2 Å². The molecule has 2 rings (SSSR count). The molecule has 2 N–H and O–H groups in total. The Morgan fingerprint density at radius 1 is 1.53 bits per heavy atom. The highest BCUT2D eigenvalue weighted by Gasteiger charge is 2.19. The van der Waals surface area contributed by atoms with E-state index >= 15 is 0 Å². The summed E-state index contributed by atoms with van der Waals surface area (Å²) in [6, 6.07) is 5.14. The van der Waals surface area contributed by atoms with Crippen molar-refractivity contribution < 1.29 is 14.3 Å². The molecule has 80 valence electrons. The smallest absolute Gasteiger partial charge is 0.231 e. The Kier molecular flexibility index (Phi) is 2.60. The monoisotopic (exact) mass is 207 g/mol. The fourth-order valence-corrected chi connectivity index (χ4v) is 1.53. The van der Waals surface area contributed by atoms with Crippen molar-refractivity contribution >= 4 is 5.78 Å². The first-order chi connectivity index (χ1) is 7.18. The average molecular weight is 207 g/mol. The summed E-state index contributed by atoms with van der Waals surface area (Å²) in [5, 5.41) is 0. The van der Waals surface area contributed by atoms with E-state index in [0.29, 0.717) is 12.2 Å². The van der Waals surface area contributed by atoms with Crippen LogP contribution in [0.3, 0.4) is 0 Å². The van der Waals surface area contributed by atoms with Crippen LogP contribution < -0.4 is 15.2 Å². The first kappa shape index (κ1) is 9.98. The van der Waals surface area contributed by atoms with Crippen molar-refractivity contribution in [2.75, 3.05) is 6.79 Å². The van der Waals surface area contributed by atoms with Gasteiger partial charge in [-0.05, 0) is 19.4 Å². The summed E-state index contributed by atoms with van der Waals surface area (Å²) in [5.41, 5.74) is 6.62. The lowest BCUT2D eigenvalue weighted by molar-refractivity contribution is -0.118. The van der Waals surface area contributed by atoms with Gasteiger partial charge in [-0.1, -0.05) is 12.1 Å². The zero-order valence-electron chi connectivity index (χ0n) is 8.53. The lowest BCUT2D eigenvalue weighted by atomic mass is 10.0. The van der Waals surface area contributed by atoms with Gasteiger partial charge < -0.3 is 15.2 Å². The number of carbonyl (C=O) groups excluding carboxylic acids is 1. The zero-order valence-corrected chi connectivity index (χ0v) is 8.53. The number of nitrogens with two attached hydrogens (primary N) is 1. The van der Waals surface area contributed by atoms with Crippen molar-refractivity contribution in [2.45, 2.75) is 19.4 Å². The standard InChI is InChI=1S/C11H13NO3/c1-7(13)9(12)5-8-3-2-4-10-11(8)15-6-14-10/h2-4,9H,5-6,12H2,1H3. The Hall–Kier alpha value is -1.55. The van der Waals surface area contributed by atoms with E-state index in [1.807, 2.05) is 18.2 Å². The second-order valence-electron chi connectivity index (χ2n) is 3.57. The number of para-hydroxylation sites is 1. The lowest BCUT2D eigenvalue weighted by Crippen LogP contribution is -2.30. The van der Waals surface area contributed by atoms with Gasteiger partial charge >= 0.3 is 0 Å². The number of hydrogen-bond acceptors (Lipinski definition) is 4. The highest BCUT2D eigenvalue weighted by molar-refractivity contribution is 5.81. The van der Waals surface area contributed by atoms with Crippen molar-refractivity contribution in [3.8, 4) is 11.5 Å². The highest BCUT2D eigenvalue weighted by atomic mass is 16.7. The maximum Gasteiger partial charge on any atom is 0.231 e. The number of ether oxygens (including phenoxy) is 2. The predicted octanol–water partition coefficient (Wildman–Crippen LogP) is 0.874. The molecule has 4 nitrogen and oxygen atoms in total. The fraction of sp³-hybridized carbons (Fsp3) is 0.364. The van der Waals surface area contributed by atoms with Gasteiger partial charge in [0.15, 0.2) is 11.5 Å². The van der Waals surface area contributed by atoms with E-state index in [9.17, 15) is 4.79 Å². The Morgan fingerprint density at radius 2 is 2.33 bits per heavy atom. The van der Waals surface area contributed by atoms with Gasteiger partial charge in [0, 0.05) is 5.56 Å². The molecule has 0 spiro atoms. The van der Waals surface area contributed by atoms with Gasteiger partial charge in [-0.3, -0.25) is 4.79 Å². The van der Waals surface area contributed by atoms with Crippen LogP contribution in [-0.4, -0.2) is 18.6 Å². The molecule has 0 bridgehead atoms. The topological polar surface area (TPSA) is 61.6 Å². The molecule has 1 aromatic rings. The second-order valence-corrected chi connectivity index (χ2v) is 3.57. The molecule has 1 unspecified atom stereocenters. The van der Waals surface area contributed by atoms with Crippen molar-refractivity contribution in [2.24, 2.45) is 5.73 Å². The van der Waals surface area contributed by atoms with Gasteiger partial charge in [0.1, 0.15) is 5.78 Å². The summed E-state index contributed by atoms with van der Waals surface area (Å²) in [4.78, 5) is 11.1. The van der Waals surface area contributed by atoms with Gasteiger partial charge in [0.05, 0.1) is 6.04 Å². The third-order valence-electron chi connectivity index (χ3n) is 2.44. The van der Waals surface area contributed by atoms with Crippen molar-refractivity contribution in [3.63, 3.8) is 0 Å². The molecule has 15 heavy (non-hydrogen) atoms. The molecular weight excluding hydrogens is 194 g/mol. The summed E-state index contributed by atoms with van der Waals surface area (Å²) in [6.45, 7) is 1.73. The molecular formula is C11H13NO3. The largest absolute Gasteiger partial charge is 0.454 e. The van der Waals surface area contributed by atoms with E-state index in [1.54, 1.807) is 0 Å². The molecule has 1 atom stereocenters. The number of hydrogen-bond donors (Lipinski definition) is 1. The van der Waals surface area contributed by atoms with Gasteiger partial charge in [0.2, 0.25) is 6.79 Å². The molecule has 1 aromatic carbocycles. The first-order valence-corrected chi connectivity index (χ1v) is 4.82. The van der Waals surface area contributed by atoms with E-state index in [2.05, 4.69) is 0 Å². The number of carbonyl (C=O) groups is 1. The van der Waals surface area contributed by atoms with Gasteiger partial charge in [-0.2, -0.15) is 0 Å². The van der Waals surface area contributed by atoms with Crippen LogP contribution >= 0.6 is 0 Å². The molecule has 0 aromatic heterocycles. The number of ketones is 1. The van der Waals surface area contributed by atoms with E-state index in [1.165, 1.54) is 6.92 Å². The minimum Gasteiger partial charge on any atom is -0.454 e. The van der Waals surface area contributed by atoms with Crippen LogP contribution in [0.25, 0.3) is 0 Å². The number of rotatable bonds is 3. The minimum absolute atomic E-state index is 0.0217. The predicted molar refractivity (Wildman–Crippen MR) is 54.9 cm³/mol. The molecule has 0 saturated heterocycles. The molecule has 0 fully saturated rings. The van der Waals surface area contributed by atoms with Crippen LogP contribution in [0.4, 0.5) is 0 Å². The summed E-state index contributed by atoms with van der Waals surface area (Å²) >= 11 is 0. The van der Waals surface area contributed by atoms with Crippen molar-refractivity contribution in [1.29, 1.82) is 0 Å². The third-order valence-corrected chi connectivity index (χ3v) is 2.44. The second kappa shape index (κ2) is 3.90. The van der Waals surface area contributed by atoms with E-state index < -0.39 is 6.04 Å². The highest BCUT2D eigenvalue weighted by Crippen LogP contribution is 2.35. The van der Waals surface area contributed by atoms with Crippen LogP contribution in [0.5, 0.6) is 11.5 Å². The molecule has 1 heterocycles. The average Bonchev–Trinajstić information content (AvgIpc) is 2.66. The maximum atomic E-state index is 11.1. The molecule has 1 aliphatic heterocycles. The number of Topliss-reactive ketones (excluding diaryl/α,β-unsaturated/α-hetero) is 1. The summed E-state index contributed by atoms with van der Waals surface area (Å²) in [7, 11) is 0. The van der Waals surface area contributed by atoms with Crippen LogP contribution in [0.1, 0.15) is 12.5 Å². The molecule has 0 saturated carbocycles. The van der Waals surface area contributed by atoms with Crippen LogP contribution in [-0.2, 0) is 11.2 Å². The van der Waals surface area contributed by atoms with E-state index in [0.717, 1.165) is 11.3 Å². The van der Waals surface area contributed by atoms with Gasteiger partial charge in [0.25, 0.3) is 0 Å². The van der Waals surface area contributed by atoms with Gasteiger partial charge in [-0.15, -0.1) is 0 Å². The molecule has 0 amide bonds. The van der Waals surface area contributed by atoms with Crippen LogP contribution in [0, 0.1) is 0 Å².